The topological polar surface area (TPSA) is 38.8 Å². The summed E-state index contributed by atoms with van der Waals surface area (Å²) >= 11 is 0. The highest BCUT2D eigenvalue weighted by Gasteiger charge is 2.36. The van der Waals surface area contributed by atoms with Gasteiger partial charge in [0.2, 0.25) is 5.91 Å². The Kier molecular flexibility index (Phi) is 10.6. The van der Waals surface area contributed by atoms with Crippen LogP contribution in [-0.4, -0.2) is 37.1 Å². The highest BCUT2D eigenvalue weighted by atomic mass is 19.4. The molecule has 0 bridgehead atoms. The molecule has 7 heteroatoms. The molecular weight excluding hydrogens is 383 g/mol. The largest absolute Gasteiger partial charge is 0.490 e. The van der Waals surface area contributed by atoms with E-state index in [1.807, 2.05) is 27.7 Å². The summed E-state index contributed by atoms with van der Waals surface area (Å²) in [4.78, 5) is 13.7. The number of rotatable bonds is 12. The molecule has 0 saturated heterocycles. The monoisotopic (exact) mass is 415 g/mol. The molecule has 0 fully saturated rings. The van der Waals surface area contributed by atoms with Crippen LogP contribution in [0, 0.1) is 0 Å². The van der Waals surface area contributed by atoms with Crippen molar-refractivity contribution in [3.63, 3.8) is 0 Å². The van der Waals surface area contributed by atoms with E-state index in [1.54, 1.807) is 4.90 Å². The molecule has 0 saturated carbocycles. The van der Waals surface area contributed by atoms with E-state index in [1.165, 1.54) is 18.2 Å². The lowest BCUT2D eigenvalue weighted by Gasteiger charge is -2.19. The lowest BCUT2D eigenvalue weighted by Crippen LogP contribution is -2.28. The van der Waals surface area contributed by atoms with Crippen LogP contribution in [0.15, 0.2) is 18.2 Å². The zero-order valence-electron chi connectivity index (χ0n) is 17.8. The van der Waals surface area contributed by atoms with Crippen molar-refractivity contribution in [2.24, 2.45) is 0 Å². The summed E-state index contributed by atoms with van der Waals surface area (Å²) in [7, 11) is 0. The third kappa shape index (κ3) is 7.99. The number of benzene rings is 1. The quantitative estimate of drug-likeness (QED) is 0.313. The first-order valence-electron chi connectivity index (χ1n) is 10.3. The molecule has 0 unspecified atom stereocenters. The van der Waals surface area contributed by atoms with Crippen molar-refractivity contribution in [3.05, 3.63) is 29.3 Å². The van der Waals surface area contributed by atoms with E-state index in [2.05, 4.69) is 0 Å². The Morgan fingerprint density at radius 2 is 1.59 bits per heavy atom. The van der Waals surface area contributed by atoms with Gasteiger partial charge in [-0.3, -0.25) is 4.79 Å². The summed E-state index contributed by atoms with van der Waals surface area (Å²) in [6, 6.07) is 2.50. The molecule has 1 amide bonds. The number of hydrogen-bond acceptors (Lipinski definition) is 3. The number of nitrogens with zero attached hydrogens (tertiary/aromatic N) is 1. The first-order valence-corrected chi connectivity index (χ1v) is 10.3. The van der Waals surface area contributed by atoms with Crippen LogP contribution in [0.2, 0.25) is 0 Å². The Hall–Kier alpha value is -2.18. The number of alkyl halides is 3. The first kappa shape index (κ1) is 24.9. The van der Waals surface area contributed by atoms with Crippen molar-refractivity contribution in [1.82, 2.24) is 4.90 Å². The van der Waals surface area contributed by atoms with Crippen LogP contribution < -0.4 is 9.47 Å². The van der Waals surface area contributed by atoms with Crippen molar-refractivity contribution in [3.8, 4) is 11.5 Å². The second kappa shape index (κ2) is 12.4. The summed E-state index contributed by atoms with van der Waals surface area (Å²) in [5.74, 6) is -0.478. The fourth-order valence-corrected chi connectivity index (χ4v) is 2.64. The molecule has 0 aliphatic carbocycles. The standard InChI is InChI=1S/C22H32F3NO3/c1-5-9-13-28-19-16-17(11-12-20(27)26(7-3)8-4)15-18(22(23,24)25)21(19)29-14-10-6-2/h11-12,15-16H,5-10,13-14H2,1-4H3/b12-11+. The van der Waals surface area contributed by atoms with Gasteiger partial charge in [0.25, 0.3) is 0 Å². The summed E-state index contributed by atoms with van der Waals surface area (Å²) in [5, 5.41) is 0. The van der Waals surface area contributed by atoms with Gasteiger partial charge in [0.1, 0.15) is 5.56 Å². The number of unbranched alkanes of at least 4 members (excludes halogenated alkanes) is 2. The van der Waals surface area contributed by atoms with Crippen LogP contribution in [-0.2, 0) is 11.0 Å². The highest BCUT2D eigenvalue weighted by molar-refractivity contribution is 5.91. The second-order valence-electron chi connectivity index (χ2n) is 6.64. The number of hydrogen-bond donors (Lipinski definition) is 0. The van der Waals surface area contributed by atoms with Crippen molar-refractivity contribution in [2.45, 2.75) is 59.6 Å². The van der Waals surface area contributed by atoms with Gasteiger partial charge in [0, 0.05) is 19.2 Å². The minimum absolute atomic E-state index is 0.0549. The van der Waals surface area contributed by atoms with Gasteiger partial charge in [-0.25, -0.2) is 0 Å². The minimum Gasteiger partial charge on any atom is -0.490 e. The molecule has 1 rings (SSSR count). The molecule has 0 N–H and O–H groups in total. The molecule has 0 heterocycles. The van der Waals surface area contributed by atoms with Crippen LogP contribution in [0.1, 0.15) is 64.5 Å². The van der Waals surface area contributed by atoms with E-state index in [4.69, 9.17) is 9.47 Å². The van der Waals surface area contributed by atoms with Gasteiger partial charge in [0.15, 0.2) is 11.5 Å². The van der Waals surface area contributed by atoms with E-state index >= 15 is 0 Å². The Morgan fingerprint density at radius 1 is 1.00 bits per heavy atom. The van der Waals surface area contributed by atoms with Crippen LogP contribution in [0.25, 0.3) is 6.08 Å². The maximum atomic E-state index is 13.7. The second-order valence-corrected chi connectivity index (χ2v) is 6.64. The molecular formula is C22H32F3NO3. The van der Waals surface area contributed by atoms with Crippen LogP contribution in [0.5, 0.6) is 11.5 Å². The van der Waals surface area contributed by atoms with Gasteiger partial charge in [-0.2, -0.15) is 13.2 Å². The average Bonchev–Trinajstić information content (AvgIpc) is 2.67. The van der Waals surface area contributed by atoms with Gasteiger partial charge in [-0.1, -0.05) is 26.7 Å². The van der Waals surface area contributed by atoms with E-state index in [-0.39, 0.29) is 29.6 Å². The molecule has 1 aromatic rings. The van der Waals surface area contributed by atoms with Crippen molar-refractivity contribution in [1.29, 1.82) is 0 Å². The third-order valence-corrected chi connectivity index (χ3v) is 4.38. The van der Waals surface area contributed by atoms with Crippen LogP contribution in [0.3, 0.4) is 0 Å². The van der Waals surface area contributed by atoms with Gasteiger partial charge in [-0.15, -0.1) is 0 Å². The average molecular weight is 415 g/mol. The minimum atomic E-state index is -4.60. The smallest absolute Gasteiger partial charge is 0.420 e. The summed E-state index contributed by atoms with van der Waals surface area (Å²) in [5.41, 5.74) is -0.648. The van der Waals surface area contributed by atoms with Crippen molar-refractivity contribution < 1.29 is 27.4 Å². The zero-order valence-corrected chi connectivity index (χ0v) is 17.8. The normalized spacial score (nSPS) is 11.7. The maximum absolute atomic E-state index is 13.7. The number of likely N-dealkylation sites (N-methyl/N-ethyl adjacent to an activating group) is 1. The molecule has 1 aromatic carbocycles. The first-order chi connectivity index (χ1) is 13.8. The lowest BCUT2D eigenvalue weighted by atomic mass is 10.1. The predicted molar refractivity (Wildman–Crippen MR) is 109 cm³/mol. The molecule has 164 valence electrons. The van der Waals surface area contributed by atoms with Crippen LogP contribution in [0.4, 0.5) is 13.2 Å². The third-order valence-electron chi connectivity index (χ3n) is 4.38. The SMILES string of the molecule is CCCCOc1cc(/C=C/C(=O)N(CC)CC)cc(C(F)(F)F)c1OCCCC. The van der Waals surface area contributed by atoms with E-state index in [0.29, 0.717) is 26.1 Å². The molecule has 0 aliphatic heterocycles. The fourth-order valence-electron chi connectivity index (χ4n) is 2.64. The predicted octanol–water partition coefficient (Wildman–Crippen LogP) is 5.94. The van der Waals surface area contributed by atoms with Gasteiger partial charge >= 0.3 is 6.18 Å². The summed E-state index contributed by atoms with van der Waals surface area (Å²) in [6.45, 7) is 9.14. The van der Waals surface area contributed by atoms with Gasteiger partial charge in [0.05, 0.1) is 13.2 Å². The number of carbonyl (C=O) groups is 1. The number of carbonyl (C=O) groups excluding carboxylic acids is 1. The molecule has 29 heavy (non-hydrogen) atoms. The Bertz CT molecular complexity index is 668. The molecule has 0 atom stereocenters. The van der Waals surface area contributed by atoms with Crippen LogP contribution >= 0.6 is 0 Å². The maximum Gasteiger partial charge on any atom is 0.420 e. The van der Waals surface area contributed by atoms with E-state index < -0.39 is 11.7 Å². The highest BCUT2D eigenvalue weighted by Crippen LogP contribution is 2.43. The van der Waals surface area contributed by atoms with Crippen molar-refractivity contribution in [2.75, 3.05) is 26.3 Å². The Balaban J connectivity index is 3.32. The van der Waals surface area contributed by atoms with E-state index in [9.17, 15) is 18.0 Å². The summed E-state index contributed by atoms with van der Waals surface area (Å²) in [6.07, 6.45) is 1.10. The lowest BCUT2D eigenvalue weighted by molar-refractivity contribution is -0.139. The van der Waals surface area contributed by atoms with Gasteiger partial charge in [-0.05, 0) is 50.5 Å². The number of amides is 1. The van der Waals surface area contributed by atoms with Crippen molar-refractivity contribution >= 4 is 12.0 Å². The fraction of sp³-hybridized carbons (Fsp3) is 0.591. The molecule has 4 nitrogen and oxygen atoms in total. The number of halogens is 3. The number of ether oxygens (including phenoxy) is 2. The Morgan fingerprint density at radius 3 is 2.10 bits per heavy atom. The zero-order chi connectivity index (χ0) is 21.9. The molecule has 0 aromatic heterocycles. The molecule has 0 radical (unpaired) electrons. The molecule has 0 aliphatic rings. The van der Waals surface area contributed by atoms with Gasteiger partial charge < -0.3 is 14.4 Å². The Labute approximate surface area is 171 Å². The van der Waals surface area contributed by atoms with E-state index in [0.717, 1.165) is 25.3 Å². The summed E-state index contributed by atoms with van der Waals surface area (Å²) < 4.78 is 52.2. The molecule has 0 spiro atoms.